The van der Waals surface area contributed by atoms with Crippen molar-refractivity contribution >= 4 is 23.3 Å². The Morgan fingerprint density at radius 3 is 2.92 bits per heavy atom. The fourth-order valence-electron chi connectivity index (χ4n) is 1.00. The fraction of sp³-hybridized carbons (Fsp3) is 0. The minimum Gasteiger partial charge on any atom is -0.256 e. The predicted molar refractivity (Wildman–Crippen MR) is 47.8 cm³/mol. The lowest BCUT2D eigenvalue weighted by Crippen LogP contribution is -1.80. The highest BCUT2D eigenvalue weighted by molar-refractivity contribution is 5.85. The summed E-state index contributed by atoms with van der Waals surface area (Å²) in [4.78, 5) is 3.97. The molecule has 0 aliphatic heterocycles. The molecule has 1 nitrogen and oxygen atoms in total. The van der Waals surface area contributed by atoms with Crippen molar-refractivity contribution in [3.05, 3.63) is 42.3 Å². The molecule has 0 bridgehead atoms. The Bertz CT molecular complexity index is 384. The summed E-state index contributed by atoms with van der Waals surface area (Å²) >= 11 is 0. The topological polar surface area (TPSA) is 12.9 Å². The molecule has 0 spiro atoms. The monoisotopic (exact) mass is 182 g/mol. The Hall–Kier alpha value is -1.15. The Kier molecular flexibility index (Phi) is 2.61. The Balaban J connectivity index is 0.000000720. The number of halogens is 2. The summed E-state index contributed by atoms with van der Waals surface area (Å²) < 4.78 is 12.9. The fourth-order valence-corrected chi connectivity index (χ4v) is 1.00. The van der Waals surface area contributed by atoms with Crippen LogP contribution in [-0.4, -0.2) is 4.98 Å². The molecule has 0 N–H and O–H groups in total. The summed E-state index contributed by atoms with van der Waals surface area (Å²) in [5.41, 5.74) is 0.646. The van der Waals surface area contributed by atoms with Crippen molar-refractivity contribution in [2.24, 2.45) is 0 Å². The maximum Gasteiger partial charge on any atom is 0.133 e. The molecule has 0 saturated carbocycles. The quantitative estimate of drug-likeness (QED) is 0.610. The second-order valence-electron chi connectivity index (χ2n) is 2.22. The van der Waals surface area contributed by atoms with Crippen LogP contribution in [0.4, 0.5) is 4.39 Å². The number of hydrogen-bond acceptors (Lipinski definition) is 1. The van der Waals surface area contributed by atoms with Gasteiger partial charge in [-0.2, -0.15) is 0 Å². The standard InChI is InChI=1S/C9H5FN.ClH/c10-8-4-1-5-9-7(8)3-2-6-11-9;/h1-2,4-6H;1H. The highest BCUT2D eigenvalue weighted by Gasteiger charge is 1.97. The van der Waals surface area contributed by atoms with Crippen molar-refractivity contribution in [3.63, 3.8) is 0 Å². The minimum absolute atomic E-state index is 0. The molecular formula is C9H6ClFN. The number of hydrogen-bond donors (Lipinski definition) is 0. The van der Waals surface area contributed by atoms with Gasteiger partial charge in [0.05, 0.1) is 5.52 Å². The first-order valence-corrected chi connectivity index (χ1v) is 3.29. The van der Waals surface area contributed by atoms with Gasteiger partial charge in [0.15, 0.2) is 0 Å². The second kappa shape index (κ2) is 3.50. The number of benzene rings is 1. The van der Waals surface area contributed by atoms with Gasteiger partial charge in [-0.15, -0.1) is 12.4 Å². The van der Waals surface area contributed by atoms with Crippen LogP contribution in [0.5, 0.6) is 0 Å². The summed E-state index contributed by atoms with van der Waals surface area (Å²) in [6.45, 7) is 0. The second-order valence-corrected chi connectivity index (χ2v) is 2.22. The molecule has 0 fully saturated rings. The van der Waals surface area contributed by atoms with Crippen molar-refractivity contribution in [2.45, 2.75) is 0 Å². The molecule has 1 aromatic heterocycles. The lowest BCUT2D eigenvalue weighted by atomic mass is 10.2. The van der Waals surface area contributed by atoms with Crippen molar-refractivity contribution in [3.8, 4) is 0 Å². The SMILES string of the molecule is Cl.Fc1cccc2ncc[c]c12. The first-order valence-electron chi connectivity index (χ1n) is 3.29. The predicted octanol–water partition coefficient (Wildman–Crippen LogP) is 2.60. The molecule has 0 aliphatic carbocycles. The van der Waals surface area contributed by atoms with Crippen LogP contribution in [0.25, 0.3) is 10.9 Å². The first-order chi connectivity index (χ1) is 5.38. The maximum atomic E-state index is 12.9. The average Bonchev–Trinajstić information content (AvgIpc) is 2.06. The highest BCUT2D eigenvalue weighted by atomic mass is 35.5. The van der Waals surface area contributed by atoms with E-state index in [1.54, 1.807) is 24.4 Å². The summed E-state index contributed by atoms with van der Waals surface area (Å²) in [6, 6.07) is 9.18. The first kappa shape index (κ1) is 8.94. The molecule has 2 aromatic rings. The third kappa shape index (κ3) is 1.38. The molecule has 0 aliphatic rings. The van der Waals surface area contributed by atoms with Gasteiger partial charge in [0, 0.05) is 11.6 Å². The molecule has 2 rings (SSSR count). The van der Waals surface area contributed by atoms with Crippen molar-refractivity contribution in [1.82, 2.24) is 4.98 Å². The van der Waals surface area contributed by atoms with E-state index in [2.05, 4.69) is 11.1 Å². The van der Waals surface area contributed by atoms with Gasteiger partial charge in [-0.25, -0.2) is 4.39 Å². The molecule has 0 saturated heterocycles. The van der Waals surface area contributed by atoms with E-state index in [0.717, 1.165) is 0 Å². The van der Waals surface area contributed by atoms with Crippen LogP contribution in [0, 0.1) is 11.9 Å². The summed E-state index contributed by atoms with van der Waals surface area (Å²) in [5, 5.41) is 0.454. The van der Waals surface area contributed by atoms with Crippen LogP contribution in [0.3, 0.4) is 0 Å². The van der Waals surface area contributed by atoms with E-state index in [4.69, 9.17) is 0 Å². The number of nitrogens with zero attached hydrogens (tertiary/aromatic N) is 1. The van der Waals surface area contributed by atoms with E-state index in [1.165, 1.54) is 6.07 Å². The van der Waals surface area contributed by atoms with Gasteiger partial charge in [-0.3, -0.25) is 4.98 Å². The lowest BCUT2D eigenvalue weighted by molar-refractivity contribution is 0.639. The summed E-state index contributed by atoms with van der Waals surface area (Å²) in [7, 11) is 0. The lowest BCUT2D eigenvalue weighted by Gasteiger charge is -1.94. The average molecular weight is 183 g/mol. The molecule has 3 heteroatoms. The normalized spacial score (nSPS) is 9.42. The van der Waals surface area contributed by atoms with Crippen LogP contribution >= 0.6 is 12.4 Å². The van der Waals surface area contributed by atoms with E-state index in [-0.39, 0.29) is 18.2 Å². The van der Waals surface area contributed by atoms with Gasteiger partial charge < -0.3 is 0 Å². The van der Waals surface area contributed by atoms with Crippen molar-refractivity contribution < 1.29 is 4.39 Å². The Labute approximate surface area is 75.7 Å². The molecule has 1 heterocycles. The summed E-state index contributed by atoms with van der Waals surface area (Å²) in [5.74, 6) is -0.268. The zero-order valence-electron chi connectivity index (χ0n) is 6.12. The molecule has 12 heavy (non-hydrogen) atoms. The largest absolute Gasteiger partial charge is 0.256 e. The zero-order chi connectivity index (χ0) is 7.68. The number of rotatable bonds is 0. The summed E-state index contributed by atoms with van der Waals surface area (Å²) in [6.07, 6.45) is 1.60. The van der Waals surface area contributed by atoms with Gasteiger partial charge >= 0.3 is 0 Å². The van der Waals surface area contributed by atoms with Gasteiger partial charge in [0.25, 0.3) is 0 Å². The number of fused-ring (bicyclic) bond motifs is 1. The van der Waals surface area contributed by atoms with Crippen LogP contribution in [0.1, 0.15) is 0 Å². The third-order valence-corrected chi connectivity index (χ3v) is 1.51. The van der Waals surface area contributed by atoms with E-state index < -0.39 is 0 Å². The van der Waals surface area contributed by atoms with Gasteiger partial charge in [-0.05, 0) is 24.3 Å². The maximum absolute atomic E-state index is 12.9. The van der Waals surface area contributed by atoms with Gasteiger partial charge in [0.1, 0.15) is 5.82 Å². The molecule has 0 unspecified atom stereocenters. The molecule has 0 amide bonds. The Morgan fingerprint density at radius 1 is 1.33 bits per heavy atom. The molecule has 1 radical (unpaired) electrons. The molecule has 61 valence electrons. The van der Waals surface area contributed by atoms with E-state index in [0.29, 0.717) is 10.9 Å². The van der Waals surface area contributed by atoms with Crippen LogP contribution in [0.15, 0.2) is 30.5 Å². The van der Waals surface area contributed by atoms with Crippen LogP contribution in [-0.2, 0) is 0 Å². The number of aromatic nitrogens is 1. The minimum atomic E-state index is -0.268. The van der Waals surface area contributed by atoms with Crippen LogP contribution in [0.2, 0.25) is 0 Å². The highest BCUT2D eigenvalue weighted by Crippen LogP contribution is 2.12. The molecular weight excluding hydrogens is 177 g/mol. The smallest absolute Gasteiger partial charge is 0.133 e. The molecule has 0 atom stereocenters. The van der Waals surface area contributed by atoms with Crippen LogP contribution < -0.4 is 0 Å². The third-order valence-electron chi connectivity index (χ3n) is 1.51. The van der Waals surface area contributed by atoms with Gasteiger partial charge in [0.2, 0.25) is 0 Å². The zero-order valence-corrected chi connectivity index (χ0v) is 6.94. The van der Waals surface area contributed by atoms with Gasteiger partial charge in [-0.1, -0.05) is 6.07 Å². The molecule has 1 aromatic carbocycles. The van der Waals surface area contributed by atoms with E-state index in [1.807, 2.05) is 0 Å². The van der Waals surface area contributed by atoms with Crippen molar-refractivity contribution in [1.29, 1.82) is 0 Å². The Morgan fingerprint density at radius 2 is 2.17 bits per heavy atom. The number of pyridine rings is 1. The van der Waals surface area contributed by atoms with E-state index >= 15 is 0 Å². The van der Waals surface area contributed by atoms with Crippen molar-refractivity contribution in [2.75, 3.05) is 0 Å². The van der Waals surface area contributed by atoms with E-state index in [9.17, 15) is 4.39 Å².